The van der Waals surface area contributed by atoms with E-state index < -0.39 is 0 Å². The molecule has 0 aliphatic heterocycles. The fourth-order valence-corrected chi connectivity index (χ4v) is 1.69. The minimum Gasteiger partial charge on any atom is -0.369 e. The molecule has 3 heterocycles. The van der Waals surface area contributed by atoms with Crippen molar-refractivity contribution in [3.8, 4) is 0 Å². The van der Waals surface area contributed by atoms with E-state index in [0.717, 1.165) is 25.3 Å². The highest BCUT2D eigenvalue weighted by Gasteiger charge is 2.02. The number of rotatable bonds is 5. The average molecular weight is 244 g/mol. The Morgan fingerprint density at radius 1 is 1.22 bits per heavy atom. The van der Waals surface area contributed by atoms with Gasteiger partial charge in [-0.05, 0) is 16.8 Å². The zero-order valence-corrected chi connectivity index (χ0v) is 9.64. The van der Waals surface area contributed by atoms with Crippen LogP contribution in [0.5, 0.6) is 0 Å². The lowest BCUT2D eigenvalue weighted by molar-refractivity contribution is 0.658. The van der Waals surface area contributed by atoms with Crippen molar-refractivity contribution in [2.45, 2.75) is 13.0 Å². The Balaban J connectivity index is 1.58. The lowest BCUT2D eigenvalue weighted by Crippen LogP contribution is -2.09. The van der Waals surface area contributed by atoms with Gasteiger partial charge in [-0.15, -0.1) is 5.10 Å². The first-order chi connectivity index (χ1) is 8.93. The predicted molar refractivity (Wildman–Crippen MR) is 63.9 cm³/mol. The smallest absolute Gasteiger partial charge is 0.199 e. The summed E-state index contributed by atoms with van der Waals surface area (Å²) in [5.41, 5.74) is 0.634. The van der Waals surface area contributed by atoms with Gasteiger partial charge in [-0.25, -0.2) is 4.98 Å². The SMILES string of the molecule is c1cn(CCCNc2cncc3nnnn23)cn1. The largest absolute Gasteiger partial charge is 0.369 e. The zero-order chi connectivity index (χ0) is 12.2. The highest BCUT2D eigenvalue weighted by atomic mass is 15.5. The maximum atomic E-state index is 4.07. The quantitative estimate of drug-likeness (QED) is 0.646. The molecule has 0 spiro atoms. The number of tetrazole rings is 1. The Morgan fingerprint density at radius 2 is 2.22 bits per heavy atom. The maximum Gasteiger partial charge on any atom is 0.199 e. The molecule has 3 rings (SSSR count). The van der Waals surface area contributed by atoms with Crippen LogP contribution in [0.25, 0.3) is 5.65 Å². The van der Waals surface area contributed by atoms with E-state index in [1.54, 1.807) is 23.1 Å². The number of nitrogens with zero attached hydrogens (tertiary/aromatic N) is 7. The second kappa shape index (κ2) is 4.78. The van der Waals surface area contributed by atoms with Crippen LogP contribution in [-0.4, -0.2) is 41.1 Å². The van der Waals surface area contributed by atoms with Gasteiger partial charge in [0.15, 0.2) is 5.65 Å². The van der Waals surface area contributed by atoms with Gasteiger partial charge in [-0.3, -0.25) is 4.98 Å². The van der Waals surface area contributed by atoms with Crippen LogP contribution >= 0.6 is 0 Å². The summed E-state index contributed by atoms with van der Waals surface area (Å²) in [5.74, 6) is 0.795. The molecule has 0 aromatic carbocycles. The molecule has 3 aromatic heterocycles. The van der Waals surface area contributed by atoms with Crippen LogP contribution in [-0.2, 0) is 6.54 Å². The van der Waals surface area contributed by atoms with Gasteiger partial charge in [0, 0.05) is 25.5 Å². The summed E-state index contributed by atoms with van der Waals surface area (Å²) in [5, 5.41) is 14.6. The number of hydrogen-bond acceptors (Lipinski definition) is 6. The standard InChI is InChI=1S/C10H12N8/c1(4-17-5-3-11-8-17)2-13-9-6-12-7-10-14-15-16-18(9)10/h3,5-8,13H,1-2,4H2. The van der Waals surface area contributed by atoms with E-state index in [0.29, 0.717) is 5.65 Å². The molecule has 0 aliphatic carbocycles. The van der Waals surface area contributed by atoms with Gasteiger partial charge in [0.1, 0.15) is 5.82 Å². The van der Waals surface area contributed by atoms with Gasteiger partial charge in [0.25, 0.3) is 0 Å². The number of aryl methyl sites for hydroxylation is 1. The number of hydrogen-bond donors (Lipinski definition) is 1. The molecule has 0 fully saturated rings. The Hall–Kier alpha value is -2.51. The zero-order valence-electron chi connectivity index (χ0n) is 9.64. The molecule has 0 aliphatic rings. The second-order valence-corrected chi connectivity index (χ2v) is 3.82. The van der Waals surface area contributed by atoms with Crippen molar-refractivity contribution in [3.05, 3.63) is 31.1 Å². The van der Waals surface area contributed by atoms with Crippen molar-refractivity contribution in [3.63, 3.8) is 0 Å². The summed E-state index contributed by atoms with van der Waals surface area (Å²) in [7, 11) is 0. The van der Waals surface area contributed by atoms with Crippen molar-refractivity contribution < 1.29 is 0 Å². The van der Waals surface area contributed by atoms with Crippen LogP contribution in [0.15, 0.2) is 31.1 Å². The molecule has 0 saturated heterocycles. The number of imidazole rings is 1. The third-order valence-electron chi connectivity index (χ3n) is 2.57. The van der Waals surface area contributed by atoms with Crippen LogP contribution in [0.4, 0.5) is 5.82 Å². The molecule has 0 atom stereocenters. The molecule has 92 valence electrons. The summed E-state index contributed by atoms with van der Waals surface area (Å²) in [6.07, 6.45) is 9.85. The van der Waals surface area contributed by atoms with Gasteiger partial charge >= 0.3 is 0 Å². The van der Waals surface area contributed by atoms with Gasteiger partial charge in [0.05, 0.1) is 18.7 Å². The monoisotopic (exact) mass is 244 g/mol. The van der Waals surface area contributed by atoms with Crippen molar-refractivity contribution in [1.29, 1.82) is 0 Å². The van der Waals surface area contributed by atoms with Crippen LogP contribution in [0.1, 0.15) is 6.42 Å². The molecule has 8 nitrogen and oxygen atoms in total. The molecule has 0 radical (unpaired) electrons. The number of aromatic nitrogens is 7. The molecule has 0 bridgehead atoms. The van der Waals surface area contributed by atoms with Gasteiger partial charge in [0.2, 0.25) is 0 Å². The topological polar surface area (TPSA) is 85.8 Å². The average Bonchev–Trinajstić information content (AvgIpc) is 3.05. The van der Waals surface area contributed by atoms with E-state index in [9.17, 15) is 0 Å². The fraction of sp³-hybridized carbons (Fsp3) is 0.300. The van der Waals surface area contributed by atoms with Gasteiger partial charge in [-0.1, -0.05) is 0 Å². The Labute approximate surface area is 103 Å². The first kappa shape index (κ1) is 10.6. The minimum absolute atomic E-state index is 0.634. The Morgan fingerprint density at radius 3 is 3.11 bits per heavy atom. The summed E-state index contributed by atoms with van der Waals surface area (Å²) < 4.78 is 3.67. The number of nitrogens with one attached hydrogen (secondary N) is 1. The molecular weight excluding hydrogens is 232 g/mol. The molecule has 3 aromatic rings. The molecule has 0 amide bonds. The van der Waals surface area contributed by atoms with Gasteiger partial charge in [-0.2, -0.15) is 4.52 Å². The van der Waals surface area contributed by atoms with E-state index in [1.165, 1.54) is 0 Å². The third kappa shape index (κ3) is 2.12. The molecule has 1 N–H and O–H groups in total. The minimum atomic E-state index is 0.634. The Bertz CT molecular complexity index is 614. The summed E-state index contributed by atoms with van der Waals surface area (Å²) >= 11 is 0. The molecule has 18 heavy (non-hydrogen) atoms. The maximum absolute atomic E-state index is 4.07. The highest BCUT2D eigenvalue weighted by molar-refractivity contribution is 5.43. The molecule has 0 saturated carbocycles. The second-order valence-electron chi connectivity index (χ2n) is 3.82. The van der Waals surface area contributed by atoms with Crippen LogP contribution < -0.4 is 5.32 Å². The summed E-state index contributed by atoms with van der Waals surface area (Å²) in [6, 6.07) is 0. The third-order valence-corrected chi connectivity index (χ3v) is 2.57. The number of fused-ring (bicyclic) bond motifs is 1. The molecule has 0 unspecified atom stereocenters. The predicted octanol–water partition coefficient (Wildman–Crippen LogP) is 0.218. The van der Waals surface area contributed by atoms with Crippen LogP contribution in [0.2, 0.25) is 0 Å². The highest BCUT2D eigenvalue weighted by Crippen LogP contribution is 2.05. The lowest BCUT2D eigenvalue weighted by atomic mass is 10.4. The molecular formula is C10H12N8. The van der Waals surface area contributed by atoms with E-state index in [4.69, 9.17) is 0 Å². The van der Waals surface area contributed by atoms with E-state index in [-0.39, 0.29) is 0 Å². The Kier molecular flexibility index (Phi) is 2.82. The molecule has 8 heteroatoms. The van der Waals surface area contributed by atoms with Gasteiger partial charge < -0.3 is 9.88 Å². The lowest BCUT2D eigenvalue weighted by Gasteiger charge is -2.06. The van der Waals surface area contributed by atoms with Crippen molar-refractivity contribution in [2.75, 3.05) is 11.9 Å². The van der Waals surface area contributed by atoms with E-state index in [2.05, 4.69) is 30.8 Å². The first-order valence-electron chi connectivity index (χ1n) is 5.65. The van der Waals surface area contributed by atoms with Crippen molar-refractivity contribution in [1.82, 2.24) is 34.6 Å². The number of anilines is 1. The van der Waals surface area contributed by atoms with E-state index in [1.807, 2.05) is 17.1 Å². The fourth-order valence-electron chi connectivity index (χ4n) is 1.69. The van der Waals surface area contributed by atoms with E-state index >= 15 is 0 Å². The normalized spacial score (nSPS) is 10.9. The summed E-state index contributed by atoms with van der Waals surface area (Å²) in [6.45, 7) is 1.74. The summed E-state index contributed by atoms with van der Waals surface area (Å²) in [4.78, 5) is 8.07. The van der Waals surface area contributed by atoms with Crippen molar-refractivity contribution in [2.24, 2.45) is 0 Å². The van der Waals surface area contributed by atoms with Crippen LogP contribution in [0, 0.1) is 0 Å². The first-order valence-corrected chi connectivity index (χ1v) is 5.65. The van der Waals surface area contributed by atoms with Crippen molar-refractivity contribution >= 4 is 11.5 Å². The van der Waals surface area contributed by atoms with Crippen LogP contribution in [0.3, 0.4) is 0 Å².